The third-order valence-corrected chi connectivity index (χ3v) is 4.94. The summed E-state index contributed by atoms with van der Waals surface area (Å²) in [6.07, 6.45) is -4.69. The second-order valence-corrected chi connectivity index (χ2v) is 8.28. The number of aliphatic hydroxyl groups is 1. The van der Waals surface area contributed by atoms with Gasteiger partial charge in [0.2, 0.25) is 0 Å². The van der Waals surface area contributed by atoms with Gasteiger partial charge < -0.3 is 20.7 Å². The van der Waals surface area contributed by atoms with E-state index in [2.05, 4.69) is 5.32 Å². The van der Waals surface area contributed by atoms with E-state index in [1.807, 2.05) is 0 Å². The lowest BCUT2D eigenvalue weighted by Gasteiger charge is -2.22. The molecule has 166 valence electrons. The van der Waals surface area contributed by atoms with Gasteiger partial charge in [0.05, 0.1) is 5.56 Å². The molecule has 0 unspecified atom stereocenters. The van der Waals surface area contributed by atoms with Crippen molar-refractivity contribution in [2.24, 2.45) is 5.41 Å². The first-order valence-corrected chi connectivity index (χ1v) is 9.54. The number of nitrogens with zero attached hydrogens (tertiary/aromatic N) is 1. The van der Waals surface area contributed by atoms with E-state index in [0.717, 1.165) is 12.1 Å². The molecule has 1 aromatic heterocycles. The van der Waals surface area contributed by atoms with Crippen LogP contribution in [0.25, 0.3) is 10.9 Å². The van der Waals surface area contributed by atoms with Crippen molar-refractivity contribution in [1.29, 1.82) is 0 Å². The second kappa shape index (κ2) is 8.22. The topological polar surface area (TPSA) is 80.3 Å². The van der Waals surface area contributed by atoms with Crippen LogP contribution in [0.3, 0.4) is 0 Å². The van der Waals surface area contributed by atoms with Crippen molar-refractivity contribution in [3.63, 3.8) is 0 Å². The monoisotopic (exact) mass is 437 g/mol. The summed E-state index contributed by atoms with van der Waals surface area (Å²) >= 11 is 0. The minimum atomic E-state index is -4.69. The maximum atomic E-state index is 13.9. The fourth-order valence-electron chi connectivity index (χ4n) is 3.20. The fraction of sp³-hybridized carbons (Fsp3) is 0.318. The molecule has 0 fully saturated rings. The van der Waals surface area contributed by atoms with Crippen molar-refractivity contribution in [2.75, 3.05) is 18.9 Å². The van der Waals surface area contributed by atoms with Gasteiger partial charge in [0.25, 0.3) is 5.91 Å². The standard InChI is InChI=1S/C22H23F4N3O2/c1-21(2,12-30)11-28-20(31)19-8-14-7-17(27)3-4-18(14)29(19)10-13-5-15(22(24,25)26)9-16(23)6-13/h3-9,30H,10-12,27H2,1-2H3,(H,28,31). The number of nitrogen functional groups attached to an aromatic ring is 1. The molecule has 4 N–H and O–H groups in total. The number of anilines is 1. The van der Waals surface area contributed by atoms with Gasteiger partial charge in [-0.25, -0.2) is 4.39 Å². The van der Waals surface area contributed by atoms with Crippen LogP contribution in [0.1, 0.15) is 35.5 Å². The molecule has 3 rings (SSSR count). The Bertz CT molecular complexity index is 1120. The molecule has 0 spiro atoms. The van der Waals surface area contributed by atoms with Gasteiger partial charge in [-0.15, -0.1) is 0 Å². The molecule has 3 aromatic rings. The third-order valence-electron chi connectivity index (χ3n) is 4.94. The lowest BCUT2D eigenvalue weighted by Crippen LogP contribution is -2.36. The SMILES string of the molecule is CC(C)(CO)CNC(=O)c1cc2cc(N)ccc2n1Cc1cc(F)cc(C(F)(F)F)c1. The molecule has 0 aliphatic rings. The Labute approximate surface area is 176 Å². The highest BCUT2D eigenvalue weighted by Gasteiger charge is 2.31. The first-order chi connectivity index (χ1) is 14.4. The smallest absolute Gasteiger partial charge is 0.399 e. The number of halogens is 4. The highest BCUT2D eigenvalue weighted by atomic mass is 19.4. The molecule has 5 nitrogen and oxygen atoms in total. The number of aromatic nitrogens is 1. The number of rotatable bonds is 6. The molecule has 0 aliphatic carbocycles. The molecule has 1 amide bonds. The number of nitrogens with two attached hydrogens (primary N) is 1. The average Bonchev–Trinajstić information content (AvgIpc) is 3.02. The average molecular weight is 437 g/mol. The lowest BCUT2D eigenvalue weighted by atomic mass is 9.95. The van der Waals surface area contributed by atoms with Gasteiger partial charge in [0, 0.05) is 41.7 Å². The zero-order valence-corrected chi connectivity index (χ0v) is 17.1. The van der Waals surface area contributed by atoms with Gasteiger partial charge in [-0.3, -0.25) is 4.79 Å². The number of amides is 1. The van der Waals surface area contributed by atoms with Crippen molar-refractivity contribution in [3.05, 3.63) is 65.1 Å². The Balaban J connectivity index is 2.04. The molecule has 31 heavy (non-hydrogen) atoms. The number of alkyl halides is 3. The summed E-state index contributed by atoms with van der Waals surface area (Å²) in [6.45, 7) is 3.44. The Morgan fingerprint density at radius 1 is 1.13 bits per heavy atom. The van der Waals surface area contributed by atoms with Gasteiger partial charge >= 0.3 is 6.18 Å². The van der Waals surface area contributed by atoms with Gasteiger partial charge in [-0.05, 0) is 48.0 Å². The van der Waals surface area contributed by atoms with E-state index in [-0.39, 0.29) is 31.0 Å². The van der Waals surface area contributed by atoms with Crippen LogP contribution in [-0.4, -0.2) is 28.7 Å². The zero-order chi connectivity index (χ0) is 23.0. The van der Waals surface area contributed by atoms with Crippen LogP contribution in [0.5, 0.6) is 0 Å². The number of benzene rings is 2. The number of fused-ring (bicyclic) bond motifs is 1. The van der Waals surface area contributed by atoms with Crippen molar-refractivity contribution in [3.8, 4) is 0 Å². The molecule has 0 atom stereocenters. The molecule has 1 heterocycles. The van der Waals surface area contributed by atoms with Gasteiger partial charge in [0.15, 0.2) is 0 Å². The van der Waals surface area contributed by atoms with Gasteiger partial charge in [-0.1, -0.05) is 13.8 Å². The fourth-order valence-corrected chi connectivity index (χ4v) is 3.20. The Morgan fingerprint density at radius 3 is 2.48 bits per heavy atom. The summed E-state index contributed by atoms with van der Waals surface area (Å²) in [5.74, 6) is -1.48. The summed E-state index contributed by atoms with van der Waals surface area (Å²) in [5.41, 5.74) is 5.45. The number of hydrogen-bond acceptors (Lipinski definition) is 3. The number of aliphatic hydroxyl groups excluding tert-OH is 1. The first-order valence-electron chi connectivity index (χ1n) is 9.54. The quantitative estimate of drug-likeness (QED) is 0.400. The van der Waals surface area contributed by atoms with Crippen LogP contribution < -0.4 is 11.1 Å². The van der Waals surface area contributed by atoms with E-state index in [1.54, 1.807) is 38.1 Å². The number of carbonyl (C=O) groups excluding carboxylic acids is 1. The van der Waals surface area contributed by atoms with Crippen LogP contribution in [-0.2, 0) is 12.7 Å². The Hall–Kier alpha value is -3.07. The normalized spacial score (nSPS) is 12.4. The third kappa shape index (κ3) is 5.16. The lowest BCUT2D eigenvalue weighted by molar-refractivity contribution is -0.137. The molecule has 0 saturated heterocycles. The van der Waals surface area contributed by atoms with Crippen molar-refractivity contribution in [2.45, 2.75) is 26.6 Å². The van der Waals surface area contributed by atoms with E-state index in [4.69, 9.17) is 5.73 Å². The minimum Gasteiger partial charge on any atom is -0.399 e. The summed E-state index contributed by atoms with van der Waals surface area (Å²) < 4.78 is 54.7. The first kappa shape index (κ1) is 22.6. The van der Waals surface area contributed by atoms with Crippen LogP contribution in [0.15, 0.2) is 42.5 Å². The maximum absolute atomic E-state index is 13.9. The van der Waals surface area contributed by atoms with Gasteiger partial charge in [-0.2, -0.15) is 13.2 Å². The highest BCUT2D eigenvalue weighted by Crippen LogP contribution is 2.31. The molecule has 0 bridgehead atoms. The largest absolute Gasteiger partial charge is 0.416 e. The molecule has 2 aromatic carbocycles. The van der Waals surface area contributed by atoms with E-state index >= 15 is 0 Å². The number of hydrogen-bond donors (Lipinski definition) is 3. The molecule has 0 aliphatic heterocycles. The summed E-state index contributed by atoms with van der Waals surface area (Å²) in [6, 6.07) is 8.80. The predicted octanol–water partition coefficient (Wildman–Crippen LogP) is 4.18. The summed E-state index contributed by atoms with van der Waals surface area (Å²) in [4.78, 5) is 12.9. The predicted molar refractivity (Wildman–Crippen MR) is 110 cm³/mol. The number of nitrogens with one attached hydrogen (secondary N) is 1. The maximum Gasteiger partial charge on any atom is 0.416 e. The number of carbonyl (C=O) groups is 1. The molecular formula is C22H23F4N3O2. The van der Waals surface area contributed by atoms with Gasteiger partial charge in [0.1, 0.15) is 11.5 Å². The van der Waals surface area contributed by atoms with E-state index < -0.39 is 28.9 Å². The Kier molecular flexibility index (Phi) is 6.00. The molecule has 9 heteroatoms. The summed E-state index contributed by atoms with van der Waals surface area (Å²) in [5, 5.41) is 12.7. The van der Waals surface area contributed by atoms with Crippen molar-refractivity contribution < 1.29 is 27.5 Å². The van der Waals surface area contributed by atoms with Crippen LogP contribution >= 0.6 is 0 Å². The molecular weight excluding hydrogens is 414 g/mol. The van der Waals surface area contributed by atoms with E-state index in [1.165, 1.54) is 4.57 Å². The van der Waals surface area contributed by atoms with Crippen LogP contribution in [0.4, 0.5) is 23.2 Å². The zero-order valence-electron chi connectivity index (χ0n) is 17.1. The van der Waals surface area contributed by atoms with Crippen LogP contribution in [0.2, 0.25) is 0 Å². The second-order valence-electron chi connectivity index (χ2n) is 8.28. The molecule has 0 saturated carbocycles. The summed E-state index contributed by atoms with van der Waals surface area (Å²) in [7, 11) is 0. The van der Waals surface area contributed by atoms with Crippen molar-refractivity contribution in [1.82, 2.24) is 9.88 Å². The van der Waals surface area contributed by atoms with E-state index in [9.17, 15) is 27.5 Å². The van der Waals surface area contributed by atoms with E-state index in [0.29, 0.717) is 22.7 Å². The molecule has 0 radical (unpaired) electrons. The Morgan fingerprint density at radius 2 is 1.84 bits per heavy atom. The minimum absolute atomic E-state index is 0.0615. The van der Waals surface area contributed by atoms with Crippen molar-refractivity contribution >= 4 is 22.5 Å². The highest BCUT2D eigenvalue weighted by molar-refractivity contribution is 5.99. The van der Waals surface area contributed by atoms with Crippen LogP contribution in [0, 0.1) is 11.2 Å².